The second-order valence-electron chi connectivity index (χ2n) is 40.4. The van der Waals surface area contributed by atoms with Gasteiger partial charge in [0.15, 0.2) is 46.0 Å². The Morgan fingerprint density at radius 3 is 0.746 bits per heavy atom. The van der Waals surface area contributed by atoms with E-state index < -0.39 is 139 Å². The number of nitrogens with zero attached hydrogens (tertiary/aromatic N) is 4. The molecule has 24 nitrogen and oxygen atoms in total. The van der Waals surface area contributed by atoms with Gasteiger partial charge in [0.05, 0.1) is 90.7 Å². The summed E-state index contributed by atoms with van der Waals surface area (Å²) in [5.41, 5.74) is -5.72. The monoisotopic (exact) mass is 1610 g/mol. The molecule has 8 saturated carbocycles. The first-order valence-corrected chi connectivity index (χ1v) is 45.0. The average molecular weight is 1610 g/mol. The molecule has 24 heteroatoms. The molecule has 0 unspecified atom stereocenters. The lowest BCUT2D eigenvalue weighted by Gasteiger charge is -2.64. The minimum Gasteiger partial charge on any atom is -0.482 e. The maximum Gasteiger partial charge on any atom is 0.344 e. The minimum absolute atomic E-state index is 0.0863. The molecule has 0 amide bonds. The van der Waals surface area contributed by atoms with Crippen molar-refractivity contribution in [2.45, 2.75) is 297 Å². The lowest BCUT2D eigenvalue weighted by molar-refractivity contribution is -0.209. The molecule has 4 saturated heterocycles. The summed E-state index contributed by atoms with van der Waals surface area (Å²) in [5, 5.41) is 102. The largest absolute Gasteiger partial charge is 0.482 e. The second-order valence-corrected chi connectivity index (χ2v) is 40.4. The molecule has 25 rings (SSSR count). The van der Waals surface area contributed by atoms with Gasteiger partial charge in [0.2, 0.25) is 0 Å². The summed E-state index contributed by atoms with van der Waals surface area (Å²) in [7, 11) is 0. The van der Waals surface area contributed by atoms with Crippen molar-refractivity contribution in [1.29, 1.82) is 0 Å². The number of rotatable bonds is 16. The van der Waals surface area contributed by atoms with Crippen LogP contribution in [0.3, 0.4) is 0 Å². The van der Waals surface area contributed by atoms with Crippen molar-refractivity contribution in [1.82, 2.24) is 19.6 Å². The summed E-state index contributed by atoms with van der Waals surface area (Å²) in [6.07, 6.45) is 12.3. The highest BCUT2D eigenvalue weighted by Gasteiger charge is 2.78. The number of ether oxygens (including phenoxy) is 8. The third-order valence-electron chi connectivity index (χ3n) is 35.8. The first-order chi connectivity index (χ1) is 57.1. The zero-order valence-corrected chi connectivity index (χ0v) is 66.7. The van der Waals surface area contributed by atoms with E-state index in [0.717, 1.165) is 112 Å². The van der Waals surface area contributed by atoms with Gasteiger partial charge >= 0.3 is 23.9 Å². The molecule has 0 aromatic heterocycles. The maximum atomic E-state index is 16.4. The molecule has 0 radical (unpaired) electrons. The molecule has 8 heterocycles. The average Bonchev–Trinajstić information content (AvgIpc) is 1.54. The maximum absolute atomic E-state index is 16.4. The third kappa shape index (κ3) is 9.28. The van der Waals surface area contributed by atoms with Crippen molar-refractivity contribution in [2.75, 3.05) is 52.4 Å². The Bertz CT molecular complexity index is 4570. The van der Waals surface area contributed by atoms with Crippen LogP contribution < -0.4 is 37.9 Å². The molecular weight excluding hydrogens is 1510 g/mol. The molecule has 20 atom stereocenters. The summed E-state index contributed by atoms with van der Waals surface area (Å²) in [6.45, 7) is 6.03. The fourth-order valence-corrected chi connectivity index (χ4v) is 29.5. The van der Waals surface area contributed by atoms with E-state index in [2.05, 4.69) is 19.6 Å². The van der Waals surface area contributed by atoms with Crippen LogP contribution >= 0.6 is 0 Å². The van der Waals surface area contributed by atoms with E-state index in [-0.39, 0.29) is 95.8 Å². The SMILES string of the molecule is O=C(Oc1ccc2c3c1O[C@H]1[C@@H](O)CC[C@@]4(O)[C@@H](C2)N(CC2CCC2)CC[C@]314)c1cc(C(=O)Oc2ccc3c4c2O[C@H]2[C@@H](O)CC[C@@]5(O)[C@@H](C3)N(CC3CCC3)CC[C@]425)c(C(=O)Oc2ccc3c4c2O[C@H]2[C@@H](O)CC[C@@]5(O)[C@@H](C3)N(CC3CCC3)CC[C@]425)cc1C(=O)Oc1ccc2c3c1O[C@H]1[C@@H](O)CC[C@@]4(O)[C@@H](C2)N(CC2CCC2)CC[C@]314. The summed E-state index contributed by atoms with van der Waals surface area (Å²) >= 11 is 0. The van der Waals surface area contributed by atoms with Crippen LogP contribution in [0, 0.1) is 23.7 Å². The number of piperidine rings is 4. The molecule has 8 aliphatic heterocycles. The Morgan fingerprint density at radius 1 is 0.322 bits per heavy atom. The summed E-state index contributed by atoms with van der Waals surface area (Å²) in [5.74, 6) is -2.38. The lowest BCUT2D eigenvalue weighted by atomic mass is 9.48. The predicted molar refractivity (Wildman–Crippen MR) is 421 cm³/mol. The highest BCUT2D eigenvalue weighted by Crippen LogP contribution is 2.72. The minimum atomic E-state index is -1.32. The highest BCUT2D eigenvalue weighted by atomic mass is 16.6. The zero-order valence-electron chi connectivity index (χ0n) is 66.7. The van der Waals surface area contributed by atoms with Gasteiger partial charge in [-0.05, 0) is 263 Å². The number of hydrogen-bond acceptors (Lipinski definition) is 24. The van der Waals surface area contributed by atoms with E-state index in [1.54, 1.807) is 24.3 Å². The Balaban J connectivity index is 0.635. The quantitative estimate of drug-likeness (QED) is 0.0345. The molecule has 12 fully saturated rings. The normalized spacial score (nSPS) is 40.0. The first kappa shape index (κ1) is 73.4. The van der Waals surface area contributed by atoms with Crippen molar-refractivity contribution >= 4 is 23.9 Å². The van der Waals surface area contributed by atoms with Gasteiger partial charge in [-0.25, -0.2) is 19.2 Å². The van der Waals surface area contributed by atoms with E-state index in [4.69, 9.17) is 37.9 Å². The van der Waals surface area contributed by atoms with Crippen LogP contribution in [0.4, 0.5) is 0 Å². The number of carbonyl (C=O) groups is 4. The van der Waals surface area contributed by atoms with Crippen molar-refractivity contribution < 1.29 is 97.9 Å². The molecule has 118 heavy (non-hydrogen) atoms. The number of hydrogen-bond donors (Lipinski definition) is 8. The number of benzene rings is 5. The molecular formula is C94H106N4O20. The Labute approximate surface area is 684 Å². The van der Waals surface area contributed by atoms with Crippen molar-refractivity contribution in [3.63, 3.8) is 0 Å². The standard InChI is InChI=1S/C94H106N4O20/c99-59-21-25-91(107)67-37-51-13-17-63(75-71(51)87(91,79(59)115-75)29-33-95(67)43-47-5-1-6-47)111-83(103)55-41-57(85(105)113-65-19-15-53-39-69-93(109)27-23-61(101)81-89(93,73(53)77(65)117-81)31-35-97(69)45-49-9-3-10-49)58(86(106)114-66-20-16-54-40-70-94(110)28-24-62(102)82-90(94,74(54)78(66)118-82)32-36-98(70)46-50-11-4-12-50)42-56(55)84(104)112-64-18-14-52-38-68-92(108)26-22-60(100)80-88(92,72(52)76(64)116-80)30-34-96(68)44-48-7-2-8-48/h13-20,41-42,47-50,59-62,67-70,79-82,99-102,107-110H,1-12,21-40,43-46H2/t59-,60-,61-,62-,67+,68+,69+,70+,79-,80-,81-,82-,87-,88-,89-,90-,91+,92+,93+,94+/m0/s1. The Kier molecular flexibility index (Phi) is 15.7. The van der Waals surface area contributed by atoms with Gasteiger partial charge in [-0.3, -0.25) is 19.6 Å². The van der Waals surface area contributed by atoms with Crippen LogP contribution in [0.25, 0.3) is 0 Å². The van der Waals surface area contributed by atoms with Gasteiger partial charge in [-0.15, -0.1) is 0 Å². The Hall–Kier alpha value is -7.30. The number of likely N-dealkylation sites (tertiary alicyclic amines) is 4. The molecule has 8 bridgehead atoms. The van der Waals surface area contributed by atoms with Gasteiger partial charge in [-0.1, -0.05) is 49.9 Å². The van der Waals surface area contributed by atoms with Crippen LogP contribution in [0.2, 0.25) is 0 Å². The van der Waals surface area contributed by atoms with Gasteiger partial charge in [-0.2, -0.15) is 0 Å². The molecule has 622 valence electrons. The van der Waals surface area contributed by atoms with Gasteiger partial charge < -0.3 is 78.7 Å². The third-order valence-corrected chi connectivity index (χ3v) is 35.8. The van der Waals surface area contributed by atoms with Crippen LogP contribution in [-0.4, -0.2) is 232 Å². The van der Waals surface area contributed by atoms with Crippen molar-refractivity contribution in [3.8, 4) is 46.0 Å². The van der Waals surface area contributed by atoms with E-state index in [9.17, 15) is 40.9 Å². The van der Waals surface area contributed by atoms with Crippen LogP contribution in [-0.2, 0) is 47.3 Å². The fraction of sp³-hybridized carbons (Fsp3) is 0.638. The van der Waals surface area contributed by atoms with Gasteiger partial charge in [0.25, 0.3) is 0 Å². The molecule has 5 aromatic carbocycles. The second kappa shape index (κ2) is 25.2. The number of aliphatic hydroxyl groups is 8. The van der Waals surface area contributed by atoms with E-state index in [1.807, 2.05) is 24.3 Å². The van der Waals surface area contributed by atoms with Gasteiger partial charge in [0.1, 0.15) is 24.4 Å². The van der Waals surface area contributed by atoms with Gasteiger partial charge in [0, 0.05) is 72.6 Å². The number of aliphatic hydroxyl groups excluding tert-OH is 4. The van der Waals surface area contributed by atoms with E-state index in [1.165, 1.54) is 25.7 Å². The zero-order chi connectivity index (χ0) is 79.6. The predicted octanol–water partition coefficient (Wildman–Crippen LogP) is 7.82. The van der Waals surface area contributed by atoms with E-state index >= 15 is 19.2 Å². The fourth-order valence-electron chi connectivity index (χ4n) is 29.5. The summed E-state index contributed by atoms with van der Waals surface area (Å²) in [4.78, 5) is 75.2. The molecule has 12 aliphatic carbocycles. The van der Waals surface area contributed by atoms with Crippen LogP contribution in [0.5, 0.6) is 46.0 Å². The van der Waals surface area contributed by atoms with Crippen LogP contribution in [0.1, 0.15) is 240 Å². The van der Waals surface area contributed by atoms with Crippen molar-refractivity contribution in [2.24, 2.45) is 23.7 Å². The Morgan fingerprint density at radius 2 is 0.542 bits per heavy atom. The first-order valence-electron chi connectivity index (χ1n) is 45.0. The summed E-state index contributed by atoms with van der Waals surface area (Å²) in [6, 6.07) is 15.1. The number of esters is 4. The highest BCUT2D eigenvalue weighted by molar-refractivity contribution is 6.12. The molecule has 4 spiro atoms. The summed E-state index contributed by atoms with van der Waals surface area (Å²) < 4.78 is 54.5. The van der Waals surface area contributed by atoms with E-state index in [0.29, 0.717) is 149 Å². The topological polar surface area (TPSA) is 317 Å². The van der Waals surface area contributed by atoms with Crippen molar-refractivity contribution in [3.05, 3.63) is 127 Å². The lowest BCUT2D eigenvalue weighted by Crippen LogP contribution is -2.77. The molecule has 8 N–H and O–H groups in total. The van der Waals surface area contributed by atoms with Crippen LogP contribution in [0.15, 0.2) is 60.7 Å². The molecule has 20 aliphatic rings. The molecule has 5 aromatic rings. The smallest absolute Gasteiger partial charge is 0.344 e. The number of carbonyl (C=O) groups excluding carboxylic acids is 4.